The second-order valence-corrected chi connectivity index (χ2v) is 6.00. The topological polar surface area (TPSA) is 62.4 Å². The summed E-state index contributed by atoms with van der Waals surface area (Å²) in [5.74, 6) is -0.177. The minimum Gasteiger partial charge on any atom is -0.369 e. The molecule has 2 atom stereocenters. The zero-order chi connectivity index (χ0) is 16.4. The summed E-state index contributed by atoms with van der Waals surface area (Å²) in [5.41, 5.74) is 0.949. The number of hydrogen-bond donors (Lipinski definition) is 1. The Morgan fingerprint density at radius 1 is 1.35 bits per heavy atom. The average Bonchev–Trinajstić information content (AvgIpc) is 2.55. The number of nitrogens with zero attached hydrogens (tertiary/aromatic N) is 1. The number of halogens is 1. The molecule has 6 heteroatoms. The zero-order valence-corrected chi connectivity index (χ0v) is 13.4. The van der Waals surface area contributed by atoms with E-state index in [2.05, 4.69) is 4.98 Å². The van der Waals surface area contributed by atoms with Gasteiger partial charge in [0.2, 0.25) is 5.56 Å². The summed E-state index contributed by atoms with van der Waals surface area (Å²) in [4.78, 5) is 28.4. The van der Waals surface area contributed by atoms with Crippen molar-refractivity contribution in [2.24, 2.45) is 0 Å². The lowest BCUT2D eigenvalue weighted by Gasteiger charge is -2.38. The first-order valence-electron chi connectivity index (χ1n) is 7.42. The van der Waals surface area contributed by atoms with E-state index in [9.17, 15) is 9.59 Å². The van der Waals surface area contributed by atoms with Crippen molar-refractivity contribution < 1.29 is 9.53 Å². The summed E-state index contributed by atoms with van der Waals surface area (Å²) in [6.07, 6.45) is 1.21. The molecule has 0 spiro atoms. The molecular formula is C17H17ClN2O3. The minimum atomic E-state index is -0.292. The quantitative estimate of drug-likeness (QED) is 0.919. The number of carbonyl (C=O) groups is 1. The Labute approximate surface area is 138 Å². The smallest absolute Gasteiger partial charge is 0.254 e. The Kier molecular flexibility index (Phi) is 4.50. The number of H-pyrrole nitrogens is 1. The molecule has 120 valence electrons. The minimum absolute atomic E-state index is 0.0690. The normalized spacial score (nSPS) is 21.2. The molecule has 1 aromatic heterocycles. The van der Waals surface area contributed by atoms with Crippen LogP contribution in [0.4, 0.5) is 0 Å². The van der Waals surface area contributed by atoms with E-state index in [1.165, 1.54) is 12.3 Å². The molecule has 0 saturated carbocycles. The number of aromatic nitrogens is 1. The molecule has 23 heavy (non-hydrogen) atoms. The fourth-order valence-electron chi connectivity index (χ4n) is 2.71. The molecule has 2 heterocycles. The van der Waals surface area contributed by atoms with Crippen LogP contribution in [0.25, 0.3) is 0 Å². The fourth-order valence-corrected chi connectivity index (χ4v) is 2.96. The Bertz CT molecular complexity index is 774. The summed E-state index contributed by atoms with van der Waals surface area (Å²) >= 11 is 6.23. The molecule has 0 radical (unpaired) electrons. The molecule has 1 aliphatic heterocycles. The maximum Gasteiger partial charge on any atom is 0.254 e. The van der Waals surface area contributed by atoms with Gasteiger partial charge < -0.3 is 14.6 Å². The van der Waals surface area contributed by atoms with Crippen LogP contribution in [0.15, 0.2) is 47.4 Å². The van der Waals surface area contributed by atoms with E-state index in [1.54, 1.807) is 17.0 Å². The molecule has 2 aromatic rings. The van der Waals surface area contributed by atoms with Crippen LogP contribution >= 0.6 is 11.6 Å². The molecule has 3 rings (SSSR count). The van der Waals surface area contributed by atoms with Gasteiger partial charge in [0.25, 0.3) is 5.91 Å². The third-order valence-corrected chi connectivity index (χ3v) is 4.31. The number of hydrogen-bond acceptors (Lipinski definition) is 3. The molecule has 1 aliphatic rings. The van der Waals surface area contributed by atoms with E-state index in [4.69, 9.17) is 16.3 Å². The van der Waals surface area contributed by atoms with E-state index in [1.807, 2.05) is 25.1 Å². The fraction of sp³-hybridized carbons (Fsp3) is 0.294. The van der Waals surface area contributed by atoms with Crippen molar-refractivity contribution in [3.63, 3.8) is 0 Å². The van der Waals surface area contributed by atoms with Crippen LogP contribution in [0.5, 0.6) is 0 Å². The van der Waals surface area contributed by atoms with Gasteiger partial charge in [0.05, 0.1) is 19.2 Å². The van der Waals surface area contributed by atoms with E-state index in [-0.39, 0.29) is 23.6 Å². The highest BCUT2D eigenvalue weighted by Gasteiger charge is 2.31. The van der Waals surface area contributed by atoms with Gasteiger partial charge in [0, 0.05) is 28.4 Å². The van der Waals surface area contributed by atoms with Crippen LogP contribution in [0.1, 0.15) is 28.9 Å². The summed E-state index contributed by atoms with van der Waals surface area (Å²) < 4.78 is 5.85. The van der Waals surface area contributed by atoms with Crippen LogP contribution in [-0.4, -0.2) is 35.0 Å². The highest BCUT2D eigenvalue weighted by atomic mass is 35.5. The van der Waals surface area contributed by atoms with E-state index in [0.717, 1.165) is 5.56 Å². The summed E-state index contributed by atoms with van der Waals surface area (Å²) in [5, 5.41) is 0.621. The van der Waals surface area contributed by atoms with Crippen LogP contribution in [0, 0.1) is 0 Å². The molecule has 1 N–H and O–H groups in total. The Morgan fingerprint density at radius 2 is 2.13 bits per heavy atom. The highest BCUT2D eigenvalue weighted by molar-refractivity contribution is 6.31. The van der Waals surface area contributed by atoms with Gasteiger partial charge in [-0.3, -0.25) is 9.59 Å². The van der Waals surface area contributed by atoms with E-state index >= 15 is 0 Å². The second-order valence-electron chi connectivity index (χ2n) is 5.59. The lowest BCUT2D eigenvalue weighted by molar-refractivity contribution is -0.0486. The predicted molar refractivity (Wildman–Crippen MR) is 87.7 cm³/mol. The summed E-state index contributed by atoms with van der Waals surface area (Å²) in [6, 6.07) is 10.3. The molecule has 5 nitrogen and oxygen atoms in total. The van der Waals surface area contributed by atoms with Gasteiger partial charge in [-0.25, -0.2) is 0 Å². The van der Waals surface area contributed by atoms with Gasteiger partial charge in [0.1, 0.15) is 6.10 Å². The third-order valence-electron chi connectivity index (χ3n) is 3.97. The van der Waals surface area contributed by atoms with Crippen molar-refractivity contribution in [3.8, 4) is 0 Å². The first-order chi connectivity index (χ1) is 11.1. The number of morpholine rings is 1. The number of rotatable bonds is 2. The Morgan fingerprint density at radius 3 is 2.87 bits per heavy atom. The van der Waals surface area contributed by atoms with E-state index < -0.39 is 0 Å². The van der Waals surface area contributed by atoms with Crippen molar-refractivity contribution in [1.82, 2.24) is 9.88 Å². The Hall–Kier alpha value is -2.11. The number of amides is 1. The molecule has 1 fully saturated rings. The summed E-state index contributed by atoms with van der Waals surface area (Å²) in [7, 11) is 0. The largest absolute Gasteiger partial charge is 0.369 e. The second kappa shape index (κ2) is 6.56. The van der Waals surface area contributed by atoms with Crippen LogP contribution < -0.4 is 5.56 Å². The first kappa shape index (κ1) is 15.8. The van der Waals surface area contributed by atoms with Crippen LogP contribution in [-0.2, 0) is 4.74 Å². The van der Waals surface area contributed by atoms with Crippen LogP contribution in [0.2, 0.25) is 5.02 Å². The van der Waals surface area contributed by atoms with E-state index in [0.29, 0.717) is 23.7 Å². The average molecular weight is 333 g/mol. The monoisotopic (exact) mass is 332 g/mol. The van der Waals surface area contributed by atoms with Crippen molar-refractivity contribution in [2.45, 2.75) is 19.1 Å². The predicted octanol–water partition coefficient (Wildman–Crippen LogP) is 2.63. The molecule has 0 unspecified atom stereocenters. The third kappa shape index (κ3) is 3.30. The van der Waals surface area contributed by atoms with Gasteiger partial charge in [-0.1, -0.05) is 29.8 Å². The van der Waals surface area contributed by atoms with Gasteiger partial charge in [-0.15, -0.1) is 0 Å². The van der Waals surface area contributed by atoms with Crippen molar-refractivity contribution >= 4 is 17.5 Å². The number of carbonyl (C=O) groups excluding carboxylic acids is 1. The Balaban J connectivity index is 1.85. The molecule has 0 aliphatic carbocycles. The van der Waals surface area contributed by atoms with Crippen molar-refractivity contribution in [3.05, 3.63) is 69.1 Å². The maximum absolute atomic E-state index is 12.7. The zero-order valence-electron chi connectivity index (χ0n) is 12.7. The van der Waals surface area contributed by atoms with Gasteiger partial charge in [0.15, 0.2) is 0 Å². The SMILES string of the molecule is C[C@H]1CO[C@@H](c2ccccc2Cl)CN1C(=O)c1cc[nH]c(=O)c1. The summed E-state index contributed by atoms with van der Waals surface area (Å²) in [6.45, 7) is 2.75. The molecule has 1 aromatic carbocycles. The number of benzene rings is 1. The number of ether oxygens (including phenoxy) is 1. The van der Waals surface area contributed by atoms with Crippen molar-refractivity contribution in [1.29, 1.82) is 0 Å². The number of aromatic amines is 1. The van der Waals surface area contributed by atoms with Crippen molar-refractivity contribution in [2.75, 3.05) is 13.2 Å². The van der Waals surface area contributed by atoms with Gasteiger partial charge in [-0.05, 0) is 19.1 Å². The highest BCUT2D eigenvalue weighted by Crippen LogP contribution is 2.30. The number of nitrogens with one attached hydrogen (secondary N) is 1. The van der Waals surface area contributed by atoms with Crippen LogP contribution in [0.3, 0.4) is 0 Å². The maximum atomic E-state index is 12.7. The van der Waals surface area contributed by atoms with Gasteiger partial charge in [-0.2, -0.15) is 0 Å². The molecule has 1 saturated heterocycles. The molecule has 0 bridgehead atoms. The first-order valence-corrected chi connectivity index (χ1v) is 7.80. The standard InChI is InChI=1S/C17H17ClN2O3/c1-11-10-23-15(13-4-2-3-5-14(13)18)9-20(11)17(22)12-6-7-19-16(21)8-12/h2-8,11,15H,9-10H2,1H3,(H,19,21)/t11-,15+/m0/s1. The van der Waals surface area contributed by atoms with Gasteiger partial charge >= 0.3 is 0 Å². The number of pyridine rings is 1. The lowest BCUT2D eigenvalue weighted by atomic mass is 10.0. The molecule has 1 amide bonds. The lowest BCUT2D eigenvalue weighted by Crippen LogP contribution is -2.48. The molecular weight excluding hydrogens is 316 g/mol.